The molecule has 1 unspecified atom stereocenters. The number of nitrogens with zero attached hydrogens (tertiary/aromatic N) is 1. The molecule has 110 valence electrons. The van der Waals surface area contributed by atoms with E-state index in [2.05, 4.69) is 48.6 Å². The van der Waals surface area contributed by atoms with Crippen molar-refractivity contribution in [1.29, 1.82) is 0 Å². The van der Waals surface area contributed by atoms with Crippen molar-refractivity contribution in [1.82, 2.24) is 10.2 Å². The fraction of sp³-hybridized carbons (Fsp3) is 0.647. The van der Waals surface area contributed by atoms with Gasteiger partial charge in [-0.05, 0) is 45.8 Å². The lowest BCUT2D eigenvalue weighted by Crippen LogP contribution is -2.41. The molecule has 0 aromatic heterocycles. The number of ether oxygens (including phenoxy) is 1. The van der Waals surface area contributed by atoms with Crippen LogP contribution in [0.2, 0.25) is 0 Å². The smallest absolute Gasteiger partial charge is 0.122 e. The number of likely N-dealkylation sites (N-methyl/N-ethyl adjacent to an activating group) is 1. The van der Waals surface area contributed by atoms with Crippen molar-refractivity contribution < 1.29 is 4.74 Å². The summed E-state index contributed by atoms with van der Waals surface area (Å²) < 4.78 is 5.80. The molecule has 1 aliphatic carbocycles. The second-order valence-corrected chi connectivity index (χ2v) is 6.28. The number of benzene rings is 1. The summed E-state index contributed by atoms with van der Waals surface area (Å²) in [6.07, 6.45) is 5.25. The second kappa shape index (κ2) is 6.15. The number of nitrogens with one attached hydrogen (secondary N) is 1. The zero-order valence-corrected chi connectivity index (χ0v) is 12.6. The molecule has 0 amide bonds. The van der Waals surface area contributed by atoms with Crippen molar-refractivity contribution in [2.24, 2.45) is 0 Å². The first kappa shape index (κ1) is 13.9. The van der Waals surface area contributed by atoms with E-state index < -0.39 is 0 Å². The molecule has 1 heterocycles. The van der Waals surface area contributed by atoms with Crippen LogP contribution in [0.15, 0.2) is 24.3 Å². The molecule has 1 saturated carbocycles. The summed E-state index contributed by atoms with van der Waals surface area (Å²) in [5.74, 6) is 1.63. The Bertz CT molecular complexity index is 440. The second-order valence-electron chi connectivity index (χ2n) is 6.28. The Hall–Kier alpha value is -1.06. The topological polar surface area (TPSA) is 24.5 Å². The van der Waals surface area contributed by atoms with E-state index >= 15 is 0 Å². The van der Waals surface area contributed by atoms with Crippen LogP contribution in [0, 0.1) is 0 Å². The van der Waals surface area contributed by atoms with Crippen LogP contribution in [0.3, 0.4) is 0 Å². The van der Waals surface area contributed by atoms with Crippen LogP contribution < -0.4 is 10.1 Å². The third-order valence-corrected chi connectivity index (χ3v) is 5.04. The first-order valence-corrected chi connectivity index (χ1v) is 7.87. The summed E-state index contributed by atoms with van der Waals surface area (Å²) in [6, 6.07) is 9.97. The molecular weight excluding hydrogens is 248 g/mol. The highest BCUT2D eigenvalue weighted by Crippen LogP contribution is 2.34. The van der Waals surface area contributed by atoms with E-state index in [9.17, 15) is 0 Å². The molecule has 0 saturated heterocycles. The summed E-state index contributed by atoms with van der Waals surface area (Å²) in [5, 5.41) is 3.41. The highest BCUT2D eigenvalue weighted by atomic mass is 16.5. The zero-order valence-electron chi connectivity index (χ0n) is 12.6. The first-order valence-electron chi connectivity index (χ1n) is 7.87. The molecule has 3 heteroatoms. The van der Waals surface area contributed by atoms with Crippen molar-refractivity contribution in [3.05, 3.63) is 29.8 Å². The summed E-state index contributed by atoms with van der Waals surface area (Å²) in [4.78, 5) is 2.56. The van der Waals surface area contributed by atoms with Crippen LogP contribution in [-0.4, -0.2) is 44.2 Å². The van der Waals surface area contributed by atoms with Gasteiger partial charge in [-0.2, -0.15) is 0 Å². The number of fused-ring (bicyclic) bond motifs is 1. The molecule has 0 radical (unpaired) electrons. The van der Waals surface area contributed by atoms with Gasteiger partial charge >= 0.3 is 0 Å². The van der Waals surface area contributed by atoms with E-state index in [1.165, 1.54) is 31.2 Å². The molecule has 1 aromatic carbocycles. The Kier molecular flexibility index (Phi) is 4.27. The van der Waals surface area contributed by atoms with Gasteiger partial charge in [0.2, 0.25) is 0 Å². The summed E-state index contributed by atoms with van der Waals surface area (Å²) in [7, 11) is 4.37. The SMILES string of the molecule is CNC1CCC(N(C)CC2COc3ccccc32)CC1. The number of rotatable bonds is 4. The minimum Gasteiger partial charge on any atom is -0.493 e. The molecule has 3 rings (SSSR count). The number of hydrogen-bond donors (Lipinski definition) is 1. The Morgan fingerprint density at radius 1 is 1.20 bits per heavy atom. The van der Waals surface area contributed by atoms with Crippen molar-refractivity contribution in [2.45, 2.75) is 43.7 Å². The molecule has 20 heavy (non-hydrogen) atoms. The van der Waals surface area contributed by atoms with Gasteiger partial charge in [0.25, 0.3) is 0 Å². The van der Waals surface area contributed by atoms with Gasteiger partial charge in [-0.15, -0.1) is 0 Å². The standard InChI is InChI=1S/C17H26N2O/c1-18-14-7-9-15(10-8-14)19(2)11-13-12-20-17-6-4-3-5-16(13)17/h3-6,13-15,18H,7-12H2,1-2H3. The van der Waals surface area contributed by atoms with Crippen LogP contribution in [0.4, 0.5) is 0 Å². The van der Waals surface area contributed by atoms with Crippen LogP contribution in [0.25, 0.3) is 0 Å². The Labute approximate surface area is 122 Å². The van der Waals surface area contributed by atoms with E-state index in [0.29, 0.717) is 5.92 Å². The van der Waals surface area contributed by atoms with Crippen LogP contribution >= 0.6 is 0 Å². The molecular formula is C17H26N2O. The third kappa shape index (κ3) is 2.84. The van der Waals surface area contributed by atoms with Gasteiger partial charge in [0, 0.05) is 30.1 Å². The summed E-state index contributed by atoms with van der Waals surface area (Å²) in [5.41, 5.74) is 1.39. The molecule has 1 N–H and O–H groups in total. The van der Waals surface area contributed by atoms with Crippen LogP contribution in [0.1, 0.15) is 37.2 Å². The lowest BCUT2D eigenvalue weighted by molar-refractivity contribution is 0.161. The van der Waals surface area contributed by atoms with E-state index in [1.807, 2.05) is 0 Å². The van der Waals surface area contributed by atoms with E-state index in [0.717, 1.165) is 31.0 Å². The molecule has 0 spiro atoms. The van der Waals surface area contributed by atoms with Crippen molar-refractivity contribution in [3.63, 3.8) is 0 Å². The van der Waals surface area contributed by atoms with Gasteiger partial charge in [0.05, 0.1) is 6.61 Å². The highest BCUT2D eigenvalue weighted by Gasteiger charge is 2.28. The molecule has 2 aliphatic rings. The first-order chi connectivity index (χ1) is 9.78. The van der Waals surface area contributed by atoms with E-state index in [4.69, 9.17) is 4.74 Å². The molecule has 3 nitrogen and oxygen atoms in total. The normalized spacial score (nSPS) is 29.2. The van der Waals surface area contributed by atoms with Gasteiger partial charge in [0.15, 0.2) is 0 Å². The molecule has 1 aromatic rings. The molecule has 1 atom stereocenters. The Morgan fingerprint density at radius 2 is 1.95 bits per heavy atom. The summed E-state index contributed by atoms with van der Waals surface area (Å²) >= 11 is 0. The minimum atomic E-state index is 0.540. The monoisotopic (exact) mass is 274 g/mol. The maximum atomic E-state index is 5.80. The van der Waals surface area contributed by atoms with Crippen molar-refractivity contribution in [2.75, 3.05) is 27.2 Å². The predicted molar refractivity (Wildman–Crippen MR) is 82.4 cm³/mol. The van der Waals surface area contributed by atoms with Gasteiger partial charge in [-0.3, -0.25) is 0 Å². The van der Waals surface area contributed by atoms with Gasteiger partial charge in [0.1, 0.15) is 5.75 Å². The Balaban J connectivity index is 1.56. The lowest BCUT2D eigenvalue weighted by Gasteiger charge is -2.35. The van der Waals surface area contributed by atoms with Gasteiger partial charge < -0.3 is 15.0 Å². The highest BCUT2D eigenvalue weighted by molar-refractivity contribution is 5.39. The average molecular weight is 274 g/mol. The van der Waals surface area contributed by atoms with Crippen LogP contribution in [0.5, 0.6) is 5.75 Å². The molecule has 0 bridgehead atoms. The zero-order chi connectivity index (χ0) is 13.9. The van der Waals surface area contributed by atoms with Gasteiger partial charge in [-0.25, -0.2) is 0 Å². The van der Waals surface area contributed by atoms with Crippen molar-refractivity contribution >= 4 is 0 Å². The Morgan fingerprint density at radius 3 is 2.70 bits per heavy atom. The average Bonchev–Trinajstić information content (AvgIpc) is 2.91. The number of hydrogen-bond acceptors (Lipinski definition) is 3. The maximum absolute atomic E-state index is 5.80. The largest absolute Gasteiger partial charge is 0.493 e. The maximum Gasteiger partial charge on any atom is 0.122 e. The summed E-state index contributed by atoms with van der Waals surface area (Å²) in [6.45, 7) is 1.96. The van der Waals surface area contributed by atoms with Crippen molar-refractivity contribution in [3.8, 4) is 5.75 Å². The fourth-order valence-electron chi connectivity index (χ4n) is 3.68. The number of para-hydroxylation sites is 1. The van der Waals surface area contributed by atoms with E-state index in [1.54, 1.807) is 0 Å². The van der Waals surface area contributed by atoms with E-state index in [-0.39, 0.29) is 0 Å². The third-order valence-electron chi connectivity index (χ3n) is 5.04. The minimum absolute atomic E-state index is 0.540. The van der Waals surface area contributed by atoms with Gasteiger partial charge in [-0.1, -0.05) is 18.2 Å². The fourth-order valence-corrected chi connectivity index (χ4v) is 3.68. The molecule has 1 aliphatic heterocycles. The van der Waals surface area contributed by atoms with Crippen LogP contribution in [-0.2, 0) is 0 Å². The lowest BCUT2D eigenvalue weighted by atomic mass is 9.89. The molecule has 1 fully saturated rings. The predicted octanol–water partition coefficient (Wildman–Crippen LogP) is 2.63. The quantitative estimate of drug-likeness (QED) is 0.913.